The third-order valence-corrected chi connectivity index (χ3v) is 11.8. The van der Waals surface area contributed by atoms with Gasteiger partial charge in [0.25, 0.3) is 0 Å². The third-order valence-electron chi connectivity index (χ3n) is 4.84. The van der Waals surface area contributed by atoms with Gasteiger partial charge in [-0.1, -0.05) is 72.8 Å². The third kappa shape index (κ3) is 13.8. The Bertz CT molecular complexity index is 847. The summed E-state index contributed by atoms with van der Waals surface area (Å²) in [5, 5.41) is 6.01. The second kappa shape index (κ2) is 23.2. The number of hydrogen-bond acceptors (Lipinski definition) is 0. The standard InChI is InChI=1S/C25H22P2.4ClH.2Fe.2Pd/c1-5-13-22(14-6-1)26(23-15-7-2-8-16-23)21-27(24-17-9-3-10-18-24)25-19-11-4-12-20-25;;;;;;;;/h1-20H,21H2;4*1H;;;;/q;;;;;2*+2;;/p-2. The molecule has 0 N–H and O–H groups in total. The number of rotatable bonds is 6. The van der Waals surface area contributed by atoms with Gasteiger partial charge in [0.15, 0.2) is 5.90 Å². The fraction of sp³-hybridized carbons (Fsp3) is 0.0400. The first-order chi connectivity index (χ1) is 16.2. The van der Waals surface area contributed by atoms with E-state index in [0.29, 0.717) is 0 Å². The molecule has 0 bridgehead atoms. The molecular weight excluding hydrogens is 829 g/mol. The van der Waals surface area contributed by atoms with E-state index in [1.165, 1.54) is 27.1 Å². The minimum atomic E-state index is -0.847. The van der Waals surface area contributed by atoms with Crippen LogP contribution in [0.15, 0.2) is 121 Å². The minimum absolute atomic E-state index is 0. The molecule has 0 unspecified atom stereocenters. The Morgan fingerprint density at radius 1 is 0.400 bits per heavy atom. The molecule has 0 heterocycles. The van der Waals surface area contributed by atoms with E-state index in [0.717, 1.165) is 0 Å². The first kappa shape index (κ1) is 36.3. The molecule has 4 aromatic carbocycles. The van der Waals surface area contributed by atoms with Gasteiger partial charge in [0.2, 0.25) is 0 Å². The van der Waals surface area contributed by atoms with E-state index < -0.39 is 15.8 Å². The van der Waals surface area contributed by atoms with E-state index in [1.54, 1.807) is 0 Å². The molecule has 0 aliphatic heterocycles. The van der Waals surface area contributed by atoms with Gasteiger partial charge in [-0.25, -0.2) is 0 Å². The molecule has 0 saturated heterocycles. The summed E-state index contributed by atoms with van der Waals surface area (Å²) in [6.45, 7) is 0. The van der Waals surface area contributed by atoms with Crippen LogP contribution in [0.4, 0.5) is 0 Å². The van der Waals surface area contributed by atoms with Crippen LogP contribution in [0.3, 0.4) is 0 Å². The molecule has 10 heteroatoms. The van der Waals surface area contributed by atoms with Gasteiger partial charge in [-0.15, -0.1) is 0 Å². The van der Waals surface area contributed by atoms with Crippen LogP contribution in [0.1, 0.15) is 0 Å². The molecule has 0 atom stereocenters. The molecule has 0 nitrogen and oxygen atoms in total. The molecule has 0 spiro atoms. The van der Waals surface area contributed by atoms with Crippen LogP contribution < -0.4 is 21.2 Å². The van der Waals surface area contributed by atoms with Gasteiger partial charge in [0.05, 0.1) is 0 Å². The fourth-order valence-corrected chi connectivity index (χ4v) is 11.2. The van der Waals surface area contributed by atoms with E-state index in [1.807, 2.05) is 0 Å². The Labute approximate surface area is 268 Å². The molecule has 0 aliphatic carbocycles. The molecule has 0 aliphatic rings. The average Bonchev–Trinajstić information content (AvgIpc) is 2.88. The smallest absolute Gasteiger partial charge is 0.0620 e. The topological polar surface area (TPSA) is 0 Å². The van der Waals surface area contributed by atoms with Crippen LogP contribution in [0.25, 0.3) is 0 Å². The summed E-state index contributed by atoms with van der Waals surface area (Å²) in [6.07, 6.45) is 0. The summed E-state index contributed by atoms with van der Waals surface area (Å²) in [5.74, 6) is 1.25. The van der Waals surface area contributed by atoms with Gasteiger partial charge in [-0.05, 0) is 48.5 Å². The van der Waals surface area contributed by atoms with E-state index in [-0.39, 0.29) is 67.1 Å². The van der Waals surface area contributed by atoms with Crippen molar-refractivity contribution in [2.75, 3.05) is 5.90 Å². The zero-order chi connectivity index (χ0) is 23.7. The van der Waals surface area contributed by atoms with Crippen molar-refractivity contribution in [2.45, 2.75) is 0 Å². The summed E-state index contributed by atoms with van der Waals surface area (Å²) >= 11 is 0.389. The quantitative estimate of drug-likeness (QED) is 0.140. The summed E-state index contributed by atoms with van der Waals surface area (Å²) < 4.78 is 0. The predicted octanol–water partition coefficient (Wildman–Crippen LogP) is 7.42. The molecule has 0 saturated carbocycles. The minimum Gasteiger partial charge on any atom is -0.0620 e. The van der Waals surface area contributed by atoms with Crippen LogP contribution >= 0.6 is 56.2 Å². The molecule has 4 aromatic rings. The SMILES string of the molecule is [Cl][Fe][Cl].[Cl][Fe][Cl].[Pd].[Pd].c1ccc([PH+](C[PH+](c2ccccc2)c2ccccc2)c2ccccc2)cc1. The van der Waals surface area contributed by atoms with Crippen molar-refractivity contribution in [2.24, 2.45) is 0 Å². The number of hydrogen-bond donors (Lipinski definition) is 0. The van der Waals surface area contributed by atoms with Gasteiger partial charge < -0.3 is 0 Å². The number of halogens is 4. The largest absolute Gasteiger partial charge is 0.174 e. The van der Waals surface area contributed by atoms with E-state index >= 15 is 0 Å². The molecule has 35 heavy (non-hydrogen) atoms. The molecule has 0 radical (unpaired) electrons. The summed E-state index contributed by atoms with van der Waals surface area (Å²) in [6, 6.07) is 44.5. The van der Waals surface area contributed by atoms with Crippen molar-refractivity contribution in [3.8, 4) is 0 Å². The maximum absolute atomic E-state index is 4.76. The summed E-state index contributed by atoms with van der Waals surface area (Å²) in [5.41, 5.74) is 0. The van der Waals surface area contributed by atoms with Crippen molar-refractivity contribution in [1.29, 1.82) is 0 Å². The van der Waals surface area contributed by atoms with E-state index in [9.17, 15) is 0 Å². The van der Waals surface area contributed by atoms with Crippen molar-refractivity contribution in [3.63, 3.8) is 0 Å². The second-order valence-electron chi connectivity index (χ2n) is 6.70. The maximum atomic E-state index is 4.76. The Kier molecular flexibility index (Phi) is 24.0. The van der Waals surface area contributed by atoms with Crippen molar-refractivity contribution in [1.82, 2.24) is 0 Å². The van der Waals surface area contributed by atoms with Gasteiger partial charge >= 0.3 is 66.7 Å². The molecule has 0 amide bonds. The Morgan fingerprint density at radius 2 is 0.571 bits per heavy atom. The van der Waals surface area contributed by atoms with Crippen LogP contribution in [0.5, 0.6) is 0 Å². The normalized spacial score (nSPS) is 9.77. The van der Waals surface area contributed by atoms with Gasteiger partial charge in [-0.2, -0.15) is 0 Å². The molecular formula is C25H24Cl4Fe2P2Pd2+2. The maximum Gasteiger partial charge on any atom is 0.174 e. The zero-order valence-electron chi connectivity index (χ0n) is 18.1. The average molecular weight is 853 g/mol. The summed E-state index contributed by atoms with van der Waals surface area (Å²) in [4.78, 5) is 0. The molecule has 196 valence electrons. The molecule has 0 aromatic heterocycles. The first-order valence-electron chi connectivity index (χ1n) is 9.88. The predicted molar refractivity (Wildman–Crippen MR) is 149 cm³/mol. The van der Waals surface area contributed by atoms with Crippen LogP contribution in [-0.2, 0) is 67.1 Å². The Hall–Kier alpha value is 1.26. The second-order valence-corrected chi connectivity index (χ2v) is 16.0. The Balaban J connectivity index is 0.00000132. The van der Waals surface area contributed by atoms with E-state index in [4.69, 9.17) is 40.4 Å². The van der Waals surface area contributed by atoms with Gasteiger partial charge in [-0.3, -0.25) is 0 Å². The number of benzene rings is 4. The fourth-order valence-electron chi connectivity index (χ4n) is 3.48. The van der Waals surface area contributed by atoms with Gasteiger partial charge in [0.1, 0.15) is 37.1 Å². The van der Waals surface area contributed by atoms with Crippen molar-refractivity contribution >= 4 is 77.5 Å². The monoisotopic (exact) mass is 850 g/mol. The zero-order valence-corrected chi connectivity index (χ0v) is 28.4. The van der Waals surface area contributed by atoms with Crippen molar-refractivity contribution in [3.05, 3.63) is 121 Å². The van der Waals surface area contributed by atoms with Gasteiger partial charge in [0, 0.05) is 40.8 Å². The van der Waals surface area contributed by atoms with Crippen LogP contribution in [-0.4, -0.2) is 5.90 Å². The van der Waals surface area contributed by atoms with Crippen molar-refractivity contribution < 1.29 is 67.1 Å². The van der Waals surface area contributed by atoms with Crippen LogP contribution in [0.2, 0.25) is 0 Å². The van der Waals surface area contributed by atoms with E-state index in [2.05, 4.69) is 121 Å². The Morgan fingerprint density at radius 3 is 0.743 bits per heavy atom. The van der Waals surface area contributed by atoms with Crippen LogP contribution in [0, 0.1) is 0 Å². The first-order valence-corrected chi connectivity index (χ1v) is 19.4. The molecule has 4 rings (SSSR count). The summed E-state index contributed by atoms with van der Waals surface area (Å²) in [7, 11) is 17.4. The molecule has 0 fully saturated rings.